The minimum atomic E-state index is 0.224. The molecule has 0 unspecified atom stereocenters. The number of carbonyl (C=O) groups is 1. The van der Waals surface area contributed by atoms with Gasteiger partial charge >= 0.3 is 0 Å². The number of aromatic nitrogens is 2. The highest BCUT2D eigenvalue weighted by atomic mass is 16.2. The molecular formula is C15H22N4O. The van der Waals surface area contributed by atoms with Crippen LogP contribution in [0.25, 0.3) is 0 Å². The molecule has 1 aliphatic carbocycles. The van der Waals surface area contributed by atoms with Crippen LogP contribution >= 0.6 is 0 Å². The fourth-order valence-corrected chi connectivity index (χ4v) is 3.10. The van der Waals surface area contributed by atoms with Gasteiger partial charge in [0.05, 0.1) is 0 Å². The predicted molar refractivity (Wildman–Crippen MR) is 75.9 cm³/mol. The number of rotatable bonds is 5. The van der Waals surface area contributed by atoms with E-state index in [1.54, 1.807) is 13.3 Å². The lowest BCUT2D eigenvalue weighted by atomic mass is 10.2. The molecule has 2 heterocycles. The molecule has 1 aliphatic heterocycles. The zero-order valence-corrected chi connectivity index (χ0v) is 12.0. The van der Waals surface area contributed by atoms with Gasteiger partial charge in [-0.05, 0) is 32.2 Å². The Bertz CT molecular complexity index is 460. The minimum absolute atomic E-state index is 0.224. The third-order valence-corrected chi connectivity index (χ3v) is 4.30. The summed E-state index contributed by atoms with van der Waals surface area (Å²) in [5, 5.41) is 0. The predicted octanol–water partition coefficient (Wildman–Crippen LogP) is 1.45. The van der Waals surface area contributed by atoms with Crippen molar-refractivity contribution in [3.63, 3.8) is 0 Å². The summed E-state index contributed by atoms with van der Waals surface area (Å²) in [7, 11) is 0. The normalized spacial score (nSPS) is 22.9. The Labute approximate surface area is 120 Å². The molecule has 0 spiro atoms. The molecule has 2 fully saturated rings. The SMILES string of the molecule is CC(=O)N(C[C@H]1CCCN1Cc1cncnc1)C1CC1. The lowest BCUT2D eigenvalue weighted by Gasteiger charge is -2.30. The van der Waals surface area contributed by atoms with Crippen LogP contribution in [0.4, 0.5) is 0 Å². The van der Waals surface area contributed by atoms with E-state index in [0.717, 1.165) is 25.2 Å². The van der Waals surface area contributed by atoms with Crippen LogP contribution in [-0.2, 0) is 11.3 Å². The summed E-state index contributed by atoms with van der Waals surface area (Å²) < 4.78 is 0. The van der Waals surface area contributed by atoms with Crippen molar-refractivity contribution in [2.24, 2.45) is 0 Å². The minimum Gasteiger partial charge on any atom is -0.338 e. The first-order chi connectivity index (χ1) is 9.74. The highest BCUT2D eigenvalue weighted by Crippen LogP contribution is 2.29. The molecule has 20 heavy (non-hydrogen) atoms. The summed E-state index contributed by atoms with van der Waals surface area (Å²) in [5.74, 6) is 0.224. The summed E-state index contributed by atoms with van der Waals surface area (Å²) >= 11 is 0. The highest BCUT2D eigenvalue weighted by molar-refractivity contribution is 5.74. The van der Waals surface area contributed by atoms with Crippen LogP contribution in [0.5, 0.6) is 0 Å². The average molecular weight is 274 g/mol. The second-order valence-electron chi connectivity index (χ2n) is 5.92. The van der Waals surface area contributed by atoms with E-state index in [2.05, 4.69) is 19.8 Å². The van der Waals surface area contributed by atoms with Gasteiger partial charge < -0.3 is 4.90 Å². The van der Waals surface area contributed by atoms with Crippen LogP contribution in [0.3, 0.4) is 0 Å². The average Bonchev–Trinajstić information content (AvgIpc) is 3.19. The van der Waals surface area contributed by atoms with E-state index in [0.29, 0.717) is 12.1 Å². The molecule has 2 aliphatic rings. The van der Waals surface area contributed by atoms with Crippen molar-refractivity contribution in [2.45, 2.75) is 51.2 Å². The Morgan fingerprint density at radius 2 is 2.10 bits per heavy atom. The Kier molecular flexibility index (Phi) is 3.96. The highest BCUT2D eigenvalue weighted by Gasteiger charge is 2.35. The molecule has 1 amide bonds. The van der Waals surface area contributed by atoms with Crippen LogP contribution < -0.4 is 0 Å². The number of likely N-dealkylation sites (tertiary alicyclic amines) is 1. The van der Waals surface area contributed by atoms with Crippen LogP contribution in [0.15, 0.2) is 18.7 Å². The summed E-state index contributed by atoms with van der Waals surface area (Å²) in [6.07, 6.45) is 10.1. The summed E-state index contributed by atoms with van der Waals surface area (Å²) in [6.45, 7) is 4.58. The van der Waals surface area contributed by atoms with E-state index in [9.17, 15) is 4.79 Å². The molecule has 1 saturated carbocycles. The van der Waals surface area contributed by atoms with Gasteiger partial charge in [-0.15, -0.1) is 0 Å². The van der Waals surface area contributed by atoms with Gasteiger partial charge in [0.1, 0.15) is 6.33 Å². The van der Waals surface area contributed by atoms with Gasteiger partial charge in [0.2, 0.25) is 5.91 Å². The second-order valence-corrected chi connectivity index (χ2v) is 5.92. The zero-order chi connectivity index (χ0) is 13.9. The zero-order valence-electron chi connectivity index (χ0n) is 12.0. The first-order valence-corrected chi connectivity index (χ1v) is 7.49. The summed E-state index contributed by atoms with van der Waals surface area (Å²) in [6, 6.07) is 0.995. The Balaban J connectivity index is 1.61. The quantitative estimate of drug-likeness (QED) is 0.815. The number of hydrogen-bond donors (Lipinski definition) is 0. The summed E-state index contributed by atoms with van der Waals surface area (Å²) in [4.78, 5) is 24.5. The maximum Gasteiger partial charge on any atom is 0.219 e. The van der Waals surface area contributed by atoms with Crippen LogP contribution in [0.1, 0.15) is 38.2 Å². The van der Waals surface area contributed by atoms with Gasteiger partial charge in [-0.3, -0.25) is 9.69 Å². The first kappa shape index (κ1) is 13.5. The molecule has 0 radical (unpaired) electrons. The maximum atomic E-state index is 11.8. The van der Waals surface area contributed by atoms with Crippen molar-refractivity contribution in [3.8, 4) is 0 Å². The molecule has 0 aromatic carbocycles. The standard InChI is InChI=1S/C15H22N4O/c1-12(20)19(14-4-5-14)10-15-3-2-6-18(15)9-13-7-16-11-17-8-13/h7-8,11,14-15H,2-6,9-10H2,1H3/t15-/m1/s1. The van der Waals surface area contributed by atoms with Crippen molar-refractivity contribution >= 4 is 5.91 Å². The fourth-order valence-electron chi connectivity index (χ4n) is 3.10. The Morgan fingerprint density at radius 3 is 2.75 bits per heavy atom. The van der Waals surface area contributed by atoms with Crippen molar-refractivity contribution in [1.82, 2.24) is 19.8 Å². The van der Waals surface area contributed by atoms with Crippen molar-refractivity contribution in [3.05, 3.63) is 24.3 Å². The summed E-state index contributed by atoms with van der Waals surface area (Å²) in [5.41, 5.74) is 1.15. The van der Waals surface area contributed by atoms with Gasteiger partial charge in [-0.25, -0.2) is 9.97 Å². The monoisotopic (exact) mass is 274 g/mol. The number of amides is 1. The molecular weight excluding hydrogens is 252 g/mol. The third kappa shape index (κ3) is 3.15. The van der Waals surface area contributed by atoms with E-state index in [1.165, 1.54) is 25.7 Å². The van der Waals surface area contributed by atoms with Gasteiger partial charge in [-0.1, -0.05) is 0 Å². The van der Waals surface area contributed by atoms with Gasteiger partial charge in [-0.2, -0.15) is 0 Å². The molecule has 1 saturated heterocycles. The van der Waals surface area contributed by atoms with E-state index >= 15 is 0 Å². The molecule has 0 N–H and O–H groups in total. The fraction of sp³-hybridized carbons (Fsp3) is 0.667. The van der Waals surface area contributed by atoms with E-state index in [-0.39, 0.29) is 5.91 Å². The van der Waals surface area contributed by atoms with Crippen molar-refractivity contribution in [1.29, 1.82) is 0 Å². The van der Waals surface area contributed by atoms with E-state index < -0.39 is 0 Å². The molecule has 3 rings (SSSR count). The topological polar surface area (TPSA) is 49.3 Å². The lowest BCUT2D eigenvalue weighted by Crippen LogP contribution is -2.43. The smallest absolute Gasteiger partial charge is 0.219 e. The number of nitrogens with zero attached hydrogens (tertiary/aromatic N) is 4. The maximum absolute atomic E-state index is 11.8. The first-order valence-electron chi connectivity index (χ1n) is 7.49. The van der Waals surface area contributed by atoms with Crippen molar-refractivity contribution < 1.29 is 4.79 Å². The van der Waals surface area contributed by atoms with Gasteiger partial charge in [0.25, 0.3) is 0 Å². The molecule has 1 aromatic heterocycles. The van der Waals surface area contributed by atoms with Crippen LogP contribution in [0.2, 0.25) is 0 Å². The van der Waals surface area contributed by atoms with E-state index in [1.807, 2.05) is 12.4 Å². The van der Waals surface area contributed by atoms with Crippen molar-refractivity contribution in [2.75, 3.05) is 13.1 Å². The number of hydrogen-bond acceptors (Lipinski definition) is 4. The Morgan fingerprint density at radius 1 is 1.35 bits per heavy atom. The van der Waals surface area contributed by atoms with Gasteiger partial charge in [0, 0.05) is 50.1 Å². The van der Waals surface area contributed by atoms with E-state index in [4.69, 9.17) is 0 Å². The largest absolute Gasteiger partial charge is 0.338 e. The molecule has 5 heteroatoms. The Hall–Kier alpha value is -1.49. The molecule has 0 bridgehead atoms. The molecule has 1 aromatic rings. The number of carbonyl (C=O) groups excluding carboxylic acids is 1. The van der Waals surface area contributed by atoms with Crippen LogP contribution in [-0.4, -0.2) is 50.8 Å². The third-order valence-electron chi connectivity index (χ3n) is 4.30. The van der Waals surface area contributed by atoms with Gasteiger partial charge in [0.15, 0.2) is 0 Å². The second kappa shape index (κ2) is 5.87. The molecule has 108 valence electrons. The molecule has 5 nitrogen and oxygen atoms in total. The lowest BCUT2D eigenvalue weighted by molar-refractivity contribution is -0.130. The van der Waals surface area contributed by atoms with Crippen LogP contribution in [0, 0.1) is 0 Å². The molecule has 1 atom stereocenters.